The molecule has 1 aromatic heterocycles. The summed E-state index contributed by atoms with van der Waals surface area (Å²) in [6, 6.07) is 6.34. The largest absolute Gasteiger partial charge is 0.487 e. The maximum atomic E-state index is 5.93. The normalized spacial score (nSPS) is 11.6. The van der Waals surface area contributed by atoms with Crippen LogP contribution in [-0.4, -0.2) is 4.98 Å². The molecule has 2 N–H and O–H groups in total. The van der Waals surface area contributed by atoms with Crippen LogP contribution in [0.1, 0.15) is 37.6 Å². The zero-order valence-electron chi connectivity index (χ0n) is 11.9. The molecular formula is C15H20N2OS. The van der Waals surface area contributed by atoms with E-state index in [4.69, 9.17) is 10.5 Å². The number of thiazole rings is 1. The third-order valence-corrected chi connectivity index (χ3v) is 3.61. The molecule has 0 aliphatic carbocycles. The average Bonchev–Trinajstić information content (AvgIpc) is 2.71. The quantitative estimate of drug-likeness (QED) is 0.924. The van der Waals surface area contributed by atoms with Crippen molar-refractivity contribution in [2.24, 2.45) is 0 Å². The summed E-state index contributed by atoms with van der Waals surface area (Å²) in [5.74, 6) is 0.930. The molecule has 0 fully saturated rings. The Bertz CT molecular complexity index is 570. The summed E-state index contributed by atoms with van der Waals surface area (Å²) in [4.78, 5) is 4.21. The Kier molecular flexibility index (Phi) is 3.80. The molecular weight excluding hydrogens is 256 g/mol. The first-order chi connectivity index (χ1) is 8.86. The average molecular weight is 276 g/mol. The van der Waals surface area contributed by atoms with Gasteiger partial charge in [0.15, 0.2) is 5.13 Å². The van der Waals surface area contributed by atoms with E-state index in [0.717, 1.165) is 11.4 Å². The molecule has 0 saturated carbocycles. The number of nitrogen functional groups attached to an aromatic ring is 1. The SMILES string of the molecule is Cc1ccc(C(C)(C)C)c(OCc2csc(N)n2)c1. The highest BCUT2D eigenvalue weighted by Crippen LogP contribution is 2.32. The van der Waals surface area contributed by atoms with Crippen molar-refractivity contribution in [3.05, 3.63) is 40.4 Å². The lowest BCUT2D eigenvalue weighted by Crippen LogP contribution is -2.13. The maximum absolute atomic E-state index is 5.93. The predicted molar refractivity (Wildman–Crippen MR) is 80.7 cm³/mol. The number of nitrogens with two attached hydrogens (primary N) is 1. The van der Waals surface area contributed by atoms with Gasteiger partial charge >= 0.3 is 0 Å². The van der Waals surface area contributed by atoms with E-state index in [9.17, 15) is 0 Å². The second kappa shape index (κ2) is 5.21. The molecule has 0 aliphatic heterocycles. The van der Waals surface area contributed by atoms with Crippen LogP contribution in [0.15, 0.2) is 23.6 Å². The van der Waals surface area contributed by atoms with Crippen LogP contribution in [-0.2, 0) is 12.0 Å². The molecule has 0 amide bonds. The van der Waals surface area contributed by atoms with Crippen molar-refractivity contribution in [2.75, 3.05) is 5.73 Å². The number of benzene rings is 1. The third-order valence-electron chi connectivity index (χ3n) is 2.89. The fraction of sp³-hybridized carbons (Fsp3) is 0.400. The van der Waals surface area contributed by atoms with Crippen LogP contribution in [0.4, 0.5) is 5.13 Å². The molecule has 0 spiro atoms. The molecule has 2 rings (SSSR count). The van der Waals surface area contributed by atoms with E-state index in [1.165, 1.54) is 22.5 Å². The van der Waals surface area contributed by atoms with E-state index >= 15 is 0 Å². The molecule has 0 saturated heterocycles. The van der Waals surface area contributed by atoms with Crippen LogP contribution in [0.25, 0.3) is 0 Å². The molecule has 2 aromatic rings. The van der Waals surface area contributed by atoms with E-state index < -0.39 is 0 Å². The lowest BCUT2D eigenvalue weighted by atomic mass is 9.86. The van der Waals surface area contributed by atoms with Crippen molar-refractivity contribution < 1.29 is 4.74 Å². The number of nitrogens with zero attached hydrogens (tertiary/aromatic N) is 1. The van der Waals surface area contributed by atoms with Gasteiger partial charge in [-0.25, -0.2) is 4.98 Å². The van der Waals surface area contributed by atoms with Crippen molar-refractivity contribution in [1.82, 2.24) is 4.98 Å². The Morgan fingerprint density at radius 3 is 2.63 bits per heavy atom. The fourth-order valence-corrected chi connectivity index (χ4v) is 2.46. The van der Waals surface area contributed by atoms with Crippen LogP contribution >= 0.6 is 11.3 Å². The van der Waals surface area contributed by atoms with Gasteiger partial charge in [0.25, 0.3) is 0 Å². The number of aryl methyl sites for hydroxylation is 1. The van der Waals surface area contributed by atoms with Crippen LogP contribution in [0.5, 0.6) is 5.75 Å². The highest BCUT2D eigenvalue weighted by atomic mass is 32.1. The molecule has 19 heavy (non-hydrogen) atoms. The summed E-state index contributed by atoms with van der Waals surface area (Å²) in [7, 11) is 0. The van der Waals surface area contributed by atoms with E-state index in [2.05, 4.69) is 50.9 Å². The monoisotopic (exact) mass is 276 g/mol. The molecule has 0 bridgehead atoms. The van der Waals surface area contributed by atoms with E-state index in [1.54, 1.807) is 0 Å². The zero-order valence-corrected chi connectivity index (χ0v) is 12.7. The van der Waals surface area contributed by atoms with E-state index in [1.807, 2.05) is 5.38 Å². The van der Waals surface area contributed by atoms with Crippen LogP contribution < -0.4 is 10.5 Å². The van der Waals surface area contributed by atoms with E-state index in [0.29, 0.717) is 11.7 Å². The fourth-order valence-electron chi connectivity index (χ4n) is 1.91. The topological polar surface area (TPSA) is 48.1 Å². The van der Waals surface area contributed by atoms with Crippen molar-refractivity contribution in [3.8, 4) is 5.75 Å². The molecule has 4 heteroatoms. The summed E-state index contributed by atoms with van der Waals surface area (Å²) in [6.45, 7) is 9.09. The van der Waals surface area contributed by atoms with Gasteiger partial charge < -0.3 is 10.5 Å². The van der Waals surface area contributed by atoms with Gasteiger partial charge in [-0.1, -0.05) is 32.9 Å². The summed E-state index contributed by atoms with van der Waals surface area (Å²) in [6.07, 6.45) is 0. The number of rotatable bonds is 3. The van der Waals surface area contributed by atoms with Crippen molar-refractivity contribution in [3.63, 3.8) is 0 Å². The zero-order chi connectivity index (χ0) is 14.0. The Morgan fingerprint density at radius 1 is 1.32 bits per heavy atom. The lowest BCUT2D eigenvalue weighted by Gasteiger charge is -2.23. The van der Waals surface area contributed by atoms with Gasteiger partial charge in [-0.15, -0.1) is 11.3 Å². The van der Waals surface area contributed by atoms with Gasteiger partial charge in [0, 0.05) is 5.38 Å². The molecule has 0 radical (unpaired) electrons. The van der Waals surface area contributed by atoms with Gasteiger partial charge in [0.05, 0.1) is 5.69 Å². The molecule has 0 unspecified atom stereocenters. The smallest absolute Gasteiger partial charge is 0.180 e. The second-order valence-electron chi connectivity index (χ2n) is 5.72. The molecule has 102 valence electrons. The summed E-state index contributed by atoms with van der Waals surface area (Å²) < 4.78 is 5.93. The highest BCUT2D eigenvalue weighted by Gasteiger charge is 2.19. The third kappa shape index (κ3) is 3.47. The first-order valence-corrected chi connectivity index (χ1v) is 7.18. The molecule has 1 heterocycles. The number of aromatic nitrogens is 1. The Labute approximate surface area is 118 Å². The number of ether oxygens (including phenoxy) is 1. The molecule has 3 nitrogen and oxygen atoms in total. The highest BCUT2D eigenvalue weighted by molar-refractivity contribution is 7.13. The van der Waals surface area contributed by atoms with Crippen molar-refractivity contribution >= 4 is 16.5 Å². The summed E-state index contributed by atoms with van der Waals surface area (Å²) in [5, 5.41) is 2.51. The summed E-state index contributed by atoms with van der Waals surface area (Å²) >= 11 is 1.44. The lowest BCUT2D eigenvalue weighted by molar-refractivity contribution is 0.293. The first-order valence-electron chi connectivity index (χ1n) is 6.30. The van der Waals surface area contributed by atoms with Crippen LogP contribution in [0.2, 0.25) is 0 Å². The van der Waals surface area contributed by atoms with Gasteiger partial charge in [-0.3, -0.25) is 0 Å². The molecule has 0 atom stereocenters. The molecule has 0 aliphatic rings. The van der Waals surface area contributed by atoms with Gasteiger partial charge in [-0.05, 0) is 29.5 Å². The minimum Gasteiger partial charge on any atom is -0.487 e. The van der Waals surface area contributed by atoms with Gasteiger partial charge in [-0.2, -0.15) is 0 Å². The number of hydrogen-bond donors (Lipinski definition) is 1. The minimum atomic E-state index is 0.0597. The first kappa shape index (κ1) is 13.9. The molecule has 1 aromatic carbocycles. The van der Waals surface area contributed by atoms with Gasteiger partial charge in [0.2, 0.25) is 0 Å². The van der Waals surface area contributed by atoms with Crippen LogP contribution in [0.3, 0.4) is 0 Å². The summed E-state index contributed by atoms with van der Waals surface area (Å²) in [5.41, 5.74) is 8.97. The maximum Gasteiger partial charge on any atom is 0.180 e. The Hall–Kier alpha value is -1.55. The number of anilines is 1. The Morgan fingerprint density at radius 2 is 2.05 bits per heavy atom. The van der Waals surface area contributed by atoms with Gasteiger partial charge in [0.1, 0.15) is 12.4 Å². The number of hydrogen-bond acceptors (Lipinski definition) is 4. The predicted octanol–water partition coefficient (Wildman–Crippen LogP) is 3.91. The van der Waals surface area contributed by atoms with Crippen molar-refractivity contribution in [1.29, 1.82) is 0 Å². The van der Waals surface area contributed by atoms with Crippen LogP contribution in [0, 0.1) is 6.92 Å². The van der Waals surface area contributed by atoms with Crippen molar-refractivity contribution in [2.45, 2.75) is 39.7 Å². The Balaban J connectivity index is 2.21. The standard InChI is InChI=1S/C15H20N2OS/c1-10-5-6-12(15(2,3)4)13(7-10)18-8-11-9-19-14(16)17-11/h5-7,9H,8H2,1-4H3,(H2,16,17). The van der Waals surface area contributed by atoms with E-state index in [-0.39, 0.29) is 5.41 Å². The second-order valence-corrected chi connectivity index (χ2v) is 6.61. The minimum absolute atomic E-state index is 0.0597.